The summed E-state index contributed by atoms with van der Waals surface area (Å²) in [6, 6.07) is 0. The van der Waals surface area contributed by atoms with Crippen molar-refractivity contribution < 1.29 is 8.78 Å². The van der Waals surface area contributed by atoms with Gasteiger partial charge >= 0.3 is 0 Å². The molecule has 3 heteroatoms. The average molecular weight is 151 g/mol. The predicted molar refractivity (Wildman–Crippen MR) is 38.4 cm³/mol. The highest BCUT2D eigenvalue weighted by Crippen LogP contribution is 2.30. The summed E-state index contributed by atoms with van der Waals surface area (Å²) in [5.74, 6) is -2.62. The standard InChI is InChI=1S/C7H15F2N/c1-5-7(8,9)6(2,3)10-4/h10H,5H2,1-4H3. The van der Waals surface area contributed by atoms with Gasteiger partial charge in [0.15, 0.2) is 0 Å². The smallest absolute Gasteiger partial charge is 0.265 e. The molecular formula is C7H15F2N. The lowest BCUT2D eigenvalue weighted by Crippen LogP contribution is -2.52. The van der Waals surface area contributed by atoms with E-state index in [0.717, 1.165) is 0 Å². The van der Waals surface area contributed by atoms with Crippen molar-refractivity contribution in [3.05, 3.63) is 0 Å². The Hall–Kier alpha value is -0.180. The molecule has 0 unspecified atom stereocenters. The topological polar surface area (TPSA) is 12.0 Å². The molecule has 10 heavy (non-hydrogen) atoms. The molecule has 0 amide bonds. The van der Waals surface area contributed by atoms with Gasteiger partial charge in [0.25, 0.3) is 5.92 Å². The summed E-state index contributed by atoms with van der Waals surface area (Å²) in [4.78, 5) is 0. The van der Waals surface area contributed by atoms with Gasteiger partial charge in [-0.25, -0.2) is 8.78 Å². The first kappa shape index (κ1) is 9.82. The van der Waals surface area contributed by atoms with Crippen molar-refractivity contribution in [1.29, 1.82) is 0 Å². The summed E-state index contributed by atoms with van der Waals surface area (Å²) in [5.41, 5.74) is -1.10. The quantitative estimate of drug-likeness (QED) is 0.650. The predicted octanol–water partition coefficient (Wildman–Crippen LogP) is 2.03. The number of hydrogen-bond donors (Lipinski definition) is 1. The maximum atomic E-state index is 12.9. The molecule has 0 aromatic rings. The molecule has 0 atom stereocenters. The van der Waals surface area contributed by atoms with Gasteiger partial charge in [0.1, 0.15) is 0 Å². The van der Waals surface area contributed by atoms with Crippen molar-refractivity contribution in [3.8, 4) is 0 Å². The molecule has 0 heterocycles. The largest absolute Gasteiger partial charge is 0.310 e. The van der Waals surface area contributed by atoms with E-state index in [2.05, 4.69) is 5.32 Å². The van der Waals surface area contributed by atoms with E-state index < -0.39 is 11.5 Å². The summed E-state index contributed by atoms with van der Waals surface area (Å²) in [7, 11) is 1.55. The Morgan fingerprint density at radius 1 is 1.30 bits per heavy atom. The van der Waals surface area contributed by atoms with Gasteiger partial charge in [-0.05, 0) is 20.9 Å². The molecule has 1 N–H and O–H groups in total. The molecule has 0 fully saturated rings. The van der Waals surface area contributed by atoms with Gasteiger partial charge in [-0.1, -0.05) is 6.92 Å². The number of alkyl halides is 2. The summed E-state index contributed by atoms with van der Waals surface area (Å²) in [6.07, 6.45) is -0.124. The minimum atomic E-state index is -2.62. The number of nitrogens with one attached hydrogen (secondary N) is 1. The molecule has 0 aliphatic carbocycles. The van der Waals surface area contributed by atoms with E-state index in [1.165, 1.54) is 20.8 Å². The van der Waals surface area contributed by atoms with E-state index in [1.54, 1.807) is 7.05 Å². The minimum absolute atomic E-state index is 0.124. The molecule has 0 aliphatic heterocycles. The Bertz CT molecular complexity index is 96.2. The van der Waals surface area contributed by atoms with Crippen molar-refractivity contribution in [2.45, 2.75) is 38.7 Å². The molecule has 62 valence electrons. The molecule has 0 spiro atoms. The van der Waals surface area contributed by atoms with E-state index in [9.17, 15) is 8.78 Å². The van der Waals surface area contributed by atoms with Crippen molar-refractivity contribution in [2.75, 3.05) is 7.05 Å². The molecule has 0 saturated heterocycles. The average Bonchev–Trinajstić information content (AvgIpc) is 1.88. The Morgan fingerprint density at radius 2 is 1.70 bits per heavy atom. The fourth-order valence-electron chi connectivity index (χ4n) is 0.625. The fraction of sp³-hybridized carbons (Fsp3) is 1.00. The summed E-state index contributed by atoms with van der Waals surface area (Å²) >= 11 is 0. The van der Waals surface area contributed by atoms with Crippen LogP contribution in [0.25, 0.3) is 0 Å². The van der Waals surface area contributed by atoms with Crippen LogP contribution in [-0.4, -0.2) is 18.5 Å². The molecule has 0 aliphatic rings. The normalized spacial score (nSPS) is 13.8. The zero-order valence-electron chi connectivity index (χ0n) is 6.96. The van der Waals surface area contributed by atoms with E-state index in [1.807, 2.05) is 0 Å². The Morgan fingerprint density at radius 3 is 1.80 bits per heavy atom. The van der Waals surface area contributed by atoms with Gasteiger partial charge in [-0.3, -0.25) is 0 Å². The van der Waals surface area contributed by atoms with Gasteiger partial charge < -0.3 is 5.32 Å². The number of rotatable bonds is 3. The van der Waals surface area contributed by atoms with E-state index in [0.29, 0.717) is 0 Å². The van der Waals surface area contributed by atoms with Crippen LogP contribution in [0.1, 0.15) is 27.2 Å². The zero-order valence-corrected chi connectivity index (χ0v) is 6.96. The van der Waals surface area contributed by atoms with E-state index in [4.69, 9.17) is 0 Å². The Balaban J connectivity index is 4.28. The molecule has 0 aromatic carbocycles. The number of halogens is 2. The maximum absolute atomic E-state index is 12.9. The lowest BCUT2D eigenvalue weighted by Gasteiger charge is -2.32. The highest BCUT2D eigenvalue weighted by Gasteiger charge is 2.43. The van der Waals surface area contributed by atoms with Crippen molar-refractivity contribution in [2.24, 2.45) is 0 Å². The van der Waals surface area contributed by atoms with Crippen molar-refractivity contribution in [1.82, 2.24) is 5.32 Å². The molecule has 0 aromatic heterocycles. The zero-order chi connectivity index (χ0) is 8.41. The van der Waals surface area contributed by atoms with Crippen molar-refractivity contribution >= 4 is 0 Å². The van der Waals surface area contributed by atoms with Crippen LogP contribution < -0.4 is 5.32 Å². The minimum Gasteiger partial charge on any atom is -0.310 e. The van der Waals surface area contributed by atoms with Crippen LogP contribution in [-0.2, 0) is 0 Å². The third-order valence-corrected chi connectivity index (χ3v) is 1.98. The van der Waals surface area contributed by atoms with E-state index in [-0.39, 0.29) is 6.42 Å². The molecule has 0 saturated carbocycles. The SMILES string of the molecule is CCC(F)(F)C(C)(C)NC. The van der Waals surface area contributed by atoms with Crippen LogP contribution in [0.15, 0.2) is 0 Å². The van der Waals surface area contributed by atoms with Gasteiger partial charge in [0.2, 0.25) is 0 Å². The summed E-state index contributed by atoms with van der Waals surface area (Å²) in [5, 5.41) is 2.58. The second-order valence-corrected chi connectivity index (χ2v) is 2.93. The van der Waals surface area contributed by atoms with Crippen LogP contribution in [0.2, 0.25) is 0 Å². The number of hydrogen-bond acceptors (Lipinski definition) is 1. The first-order chi connectivity index (χ1) is 4.37. The first-order valence-corrected chi connectivity index (χ1v) is 3.44. The van der Waals surface area contributed by atoms with E-state index >= 15 is 0 Å². The second-order valence-electron chi connectivity index (χ2n) is 2.93. The van der Waals surface area contributed by atoms with Crippen LogP contribution in [0.5, 0.6) is 0 Å². The molecule has 0 rings (SSSR count). The third-order valence-electron chi connectivity index (χ3n) is 1.98. The van der Waals surface area contributed by atoms with Crippen molar-refractivity contribution in [3.63, 3.8) is 0 Å². The van der Waals surface area contributed by atoms with Crippen LogP contribution >= 0.6 is 0 Å². The Labute approximate surface area is 60.8 Å². The van der Waals surface area contributed by atoms with Crippen LogP contribution in [0.3, 0.4) is 0 Å². The summed E-state index contributed by atoms with van der Waals surface area (Å²) in [6.45, 7) is 4.48. The van der Waals surface area contributed by atoms with Gasteiger partial charge in [-0.15, -0.1) is 0 Å². The highest BCUT2D eigenvalue weighted by molar-refractivity contribution is 4.90. The van der Waals surface area contributed by atoms with Gasteiger partial charge in [-0.2, -0.15) is 0 Å². The second kappa shape index (κ2) is 2.82. The first-order valence-electron chi connectivity index (χ1n) is 3.44. The lowest BCUT2D eigenvalue weighted by molar-refractivity contribution is -0.0757. The molecule has 0 radical (unpaired) electrons. The Kier molecular flexibility index (Phi) is 2.77. The highest BCUT2D eigenvalue weighted by atomic mass is 19.3. The summed E-state index contributed by atoms with van der Waals surface area (Å²) < 4.78 is 25.7. The molecule has 0 bridgehead atoms. The maximum Gasteiger partial charge on any atom is 0.265 e. The monoisotopic (exact) mass is 151 g/mol. The lowest BCUT2D eigenvalue weighted by atomic mass is 9.94. The molecular weight excluding hydrogens is 136 g/mol. The van der Waals surface area contributed by atoms with Crippen LogP contribution in [0.4, 0.5) is 8.78 Å². The van der Waals surface area contributed by atoms with Gasteiger partial charge in [0, 0.05) is 6.42 Å². The molecule has 1 nitrogen and oxygen atoms in total. The third kappa shape index (κ3) is 1.66. The fourth-order valence-corrected chi connectivity index (χ4v) is 0.625. The van der Waals surface area contributed by atoms with Crippen LogP contribution in [0, 0.1) is 0 Å². The van der Waals surface area contributed by atoms with Gasteiger partial charge in [0.05, 0.1) is 5.54 Å².